The minimum absolute atomic E-state index is 0.464. The van der Waals surface area contributed by atoms with Crippen molar-refractivity contribution < 1.29 is 0 Å². The SMILES string of the molecule is CN(C)c1cccc(Nc2cc(-c3ccccc3)nc(C3CCCCC3)n2)c1. The average molecular weight is 373 g/mol. The summed E-state index contributed by atoms with van der Waals surface area (Å²) in [5.74, 6) is 2.31. The molecule has 1 saturated carbocycles. The lowest BCUT2D eigenvalue weighted by atomic mass is 9.88. The van der Waals surface area contributed by atoms with Gasteiger partial charge in [0.15, 0.2) is 0 Å². The van der Waals surface area contributed by atoms with E-state index in [-0.39, 0.29) is 0 Å². The highest BCUT2D eigenvalue weighted by Crippen LogP contribution is 2.33. The summed E-state index contributed by atoms with van der Waals surface area (Å²) in [6.45, 7) is 0. The molecule has 1 N–H and O–H groups in total. The van der Waals surface area contributed by atoms with E-state index in [1.54, 1.807) is 0 Å². The molecule has 4 rings (SSSR count). The minimum atomic E-state index is 0.464. The standard InChI is InChI=1S/C24H28N4/c1-28(2)21-15-9-14-20(16-21)25-23-17-22(18-10-5-3-6-11-18)26-24(27-23)19-12-7-4-8-13-19/h3,5-6,9-11,14-17,19H,4,7-8,12-13H2,1-2H3,(H,25,26,27). The molecule has 0 amide bonds. The van der Waals surface area contributed by atoms with Crippen LogP contribution in [-0.4, -0.2) is 24.1 Å². The van der Waals surface area contributed by atoms with Crippen LogP contribution in [0.4, 0.5) is 17.2 Å². The maximum absolute atomic E-state index is 4.96. The Morgan fingerprint density at radius 3 is 2.39 bits per heavy atom. The van der Waals surface area contributed by atoms with Crippen LogP contribution in [-0.2, 0) is 0 Å². The zero-order chi connectivity index (χ0) is 19.3. The highest BCUT2D eigenvalue weighted by Gasteiger charge is 2.20. The Morgan fingerprint density at radius 2 is 1.64 bits per heavy atom. The predicted molar refractivity (Wildman–Crippen MR) is 117 cm³/mol. The molecular weight excluding hydrogens is 344 g/mol. The summed E-state index contributed by atoms with van der Waals surface area (Å²) in [5.41, 5.74) is 4.32. The van der Waals surface area contributed by atoms with Gasteiger partial charge in [-0.25, -0.2) is 9.97 Å². The number of rotatable bonds is 5. The number of anilines is 3. The van der Waals surface area contributed by atoms with Gasteiger partial charge in [0.25, 0.3) is 0 Å². The van der Waals surface area contributed by atoms with Gasteiger partial charge in [0.05, 0.1) is 5.69 Å². The first-order chi connectivity index (χ1) is 13.7. The molecule has 0 aliphatic heterocycles. The molecule has 3 aromatic rings. The molecule has 4 nitrogen and oxygen atoms in total. The molecule has 144 valence electrons. The molecule has 0 spiro atoms. The first-order valence-electron chi connectivity index (χ1n) is 10.2. The number of nitrogens with one attached hydrogen (secondary N) is 1. The lowest BCUT2D eigenvalue weighted by Gasteiger charge is -2.21. The lowest BCUT2D eigenvalue weighted by molar-refractivity contribution is 0.429. The highest BCUT2D eigenvalue weighted by molar-refractivity contribution is 5.67. The number of benzene rings is 2. The van der Waals surface area contributed by atoms with Gasteiger partial charge in [-0.05, 0) is 31.0 Å². The van der Waals surface area contributed by atoms with Gasteiger partial charge in [0.2, 0.25) is 0 Å². The second kappa shape index (κ2) is 8.42. The maximum Gasteiger partial charge on any atom is 0.134 e. The maximum atomic E-state index is 4.96. The Morgan fingerprint density at radius 1 is 0.857 bits per heavy atom. The van der Waals surface area contributed by atoms with Crippen LogP contribution in [0, 0.1) is 0 Å². The molecular formula is C24H28N4. The third kappa shape index (κ3) is 4.33. The molecule has 1 heterocycles. The molecule has 1 aliphatic rings. The van der Waals surface area contributed by atoms with Crippen LogP contribution in [0.2, 0.25) is 0 Å². The molecule has 0 radical (unpaired) electrons. The van der Waals surface area contributed by atoms with E-state index in [2.05, 4.69) is 78.9 Å². The second-order valence-electron chi connectivity index (χ2n) is 7.77. The summed E-state index contributed by atoms with van der Waals surface area (Å²) in [6.07, 6.45) is 6.26. The monoisotopic (exact) mass is 372 g/mol. The Hall–Kier alpha value is -2.88. The quantitative estimate of drug-likeness (QED) is 0.596. The van der Waals surface area contributed by atoms with Crippen LogP contribution in [0.15, 0.2) is 60.7 Å². The van der Waals surface area contributed by atoms with E-state index in [1.165, 1.54) is 32.1 Å². The molecule has 1 aliphatic carbocycles. The first kappa shape index (κ1) is 18.5. The lowest BCUT2D eigenvalue weighted by Crippen LogP contribution is -2.11. The third-order valence-corrected chi connectivity index (χ3v) is 5.42. The van der Waals surface area contributed by atoms with Gasteiger partial charge in [0.1, 0.15) is 11.6 Å². The Labute approximate surface area is 167 Å². The van der Waals surface area contributed by atoms with E-state index >= 15 is 0 Å². The summed E-state index contributed by atoms with van der Waals surface area (Å²) in [4.78, 5) is 12.0. The molecule has 0 bridgehead atoms. The number of nitrogens with zero attached hydrogens (tertiary/aromatic N) is 3. The average Bonchev–Trinajstić information content (AvgIpc) is 2.75. The smallest absolute Gasteiger partial charge is 0.134 e. The zero-order valence-corrected chi connectivity index (χ0v) is 16.7. The fraction of sp³-hybridized carbons (Fsp3) is 0.333. The predicted octanol–water partition coefficient (Wildman–Crippen LogP) is 6.00. The van der Waals surface area contributed by atoms with Gasteiger partial charge >= 0.3 is 0 Å². The van der Waals surface area contributed by atoms with E-state index in [4.69, 9.17) is 9.97 Å². The summed E-state index contributed by atoms with van der Waals surface area (Å²) < 4.78 is 0. The Bertz CT molecular complexity index is 915. The van der Waals surface area contributed by atoms with Crippen molar-refractivity contribution >= 4 is 17.2 Å². The van der Waals surface area contributed by atoms with Crippen molar-refractivity contribution in [2.24, 2.45) is 0 Å². The van der Waals surface area contributed by atoms with Crippen molar-refractivity contribution in [3.63, 3.8) is 0 Å². The van der Waals surface area contributed by atoms with Gasteiger partial charge in [-0.2, -0.15) is 0 Å². The second-order valence-corrected chi connectivity index (χ2v) is 7.77. The normalized spacial score (nSPS) is 14.6. The van der Waals surface area contributed by atoms with Gasteiger partial charge in [-0.15, -0.1) is 0 Å². The van der Waals surface area contributed by atoms with Crippen molar-refractivity contribution in [1.82, 2.24) is 9.97 Å². The number of aromatic nitrogens is 2. The van der Waals surface area contributed by atoms with Crippen LogP contribution in [0.3, 0.4) is 0 Å². The van der Waals surface area contributed by atoms with Gasteiger partial charge in [-0.3, -0.25) is 0 Å². The van der Waals surface area contributed by atoms with Crippen LogP contribution in [0.1, 0.15) is 43.8 Å². The van der Waals surface area contributed by atoms with Gasteiger partial charge in [-0.1, -0.05) is 55.7 Å². The van der Waals surface area contributed by atoms with Crippen molar-refractivity contribution in [3.05, 3.63) is 66.5 Å². The third-order valence-electron chi connectivity index (χ3n) is 5.42. The molecule has 1 aromatic heterocycles. The summed E-state index contributed by atoms with van der Waals surface area (Å²) >= 11 is 0. The van der Waals surface area contributed by atoms with Gasteiger partial charge in [0, 0.05) is 43.0 Å². The molecule has 2 aromatic carbocycles. The topological polar surface area (TPSA) is 41.0 Å². The van der Waals surface area contributed by atoms with Crippen molar-refractivity contribution in [1.29, 1.82) is 0 Å². The number of hydrogen-bond donors (Lipinski definition) is 1. The minimum Gasteiger partial charge on any atom is -0.378 e. The Balaban J connectivity index is 1.70. The fourth-order valence-electron chi connectivity index (χ4n) is 3.84. The molecule has 0 unspecified atom stereocenters. The van der Waals surface area contributed by atoms with Gasteiger partial charge < -0.3 is 10.2 Å². The van der Waals surface area contributed by atoms with Crippen molar-refractivity contribution in [3.8, 4) is 11.3 Å². The van der Waals surface area contributed by atoms with Crippen molar-refractivity contribution in [2.45, 2.75) is 38.0 Å². The summed E-state index contributed by atoms with van der Waals surface area (Å²) in [6, 6.07) is 20.8. The summed E-state index contributed by atoms with van der Waals surface area (Å²) in [5, 5.41) is 3.51. The highest BCUT2D eigenvalue weighted by atomic mass is 15.1. The fourth-order valence-corrected chi connectivity index (χ4v) is 3.84. The van der Waals surface area contributed by atoms with E-state index in [1.807, 2.05) is 6.07 Å². The first-order valence-corrected chi connectivity index (χ1v) is 10.2. The molecule has 0 atom stereocenters. The largest absolute Gasteiger partial charge is 0.378 e. The Kier molecular flexibility index (Phi) is 5.56. The van der Waals surface area contributed by atoms with Crippen LogP contribution < -0.4 is 10.2 Å². The molecule has 4 heteroatoms. The molecule has 1 fully saturated rings. The molecule has 0 saturated heterocycles. The number of hydrogen-bond acceptors (Lipinski definition) is 4. The van der Waals surface area contributed by atoms with Crippen LogP contribution >= 0.6 is 0 Å². The van der Waals surface area contributed by atoms with E-state index < -0.39 is 0 Å². The molecule has 28 heavy (non-hydrogen) atoms. The van der Waals surface area contributed by atoms with Crippen molar-refractivity contribution in [2.75, 3.05) is 24.3 Å². The van der Waals surface area contributed by atoms with E-state index in [0.717, 1.165) is 34.3 Å². The van der Waals surface area contributed by atoms with E-state index in [9.17, 15) is 0 Å². The van der Waals surface area contributed by atoms with Crippen LogP contribution in [0.25, 0.3) is 11.3 Å². The zero-order valence-electron chi connectivity index (χ0n) is 16.7. The van der Waals surface area contributed by atoms with Crippen LogP contribution in [0.5, 0.6) is 0 Å². The summed E-state index contributed by atoms with van der Waals surface area (Å²) in [7, 11) is 4.11. The van der Waals surface area contributed by atoms with E-state index in [0.29, 0.717) is 5.92 Å².